The molecule has 2 rings (SSSR count). The number of aliphatic hydroxyl groups is 3. The largest absolute Gasteiger partial charge is 0.479 e. The molecule has 2 amide bonds. The Hall–Kier alpha value is -0.540. The number of hydrogen-bond acceptors (Lipinski definition) is 11. The summed E-state index contributed by atoms with van der Waals surface area (Å²) in [5.74, 6) is 0. The van der Waals surface area contributed by atoms with Gasteiger partial charge in [-0.05, 0) is 6.08 Å². The molecule has 2 heterocycles. The number of carbonyl (C=O) groups excluding carboxylic acids is 1. The highest BCUT2D eigenvalue weighted by molar-refractivity contribution is 7.63. The average Bonchev–Trinajstić information content (AvgIpc) is 2.79. The highest BCUT2D eigenvalue weighted by Gasteiger charge is 2.48. The van der Waals surface area contributed by atoms with Crippen molar-refractivity contribution in [3.63, 3.8) is 0 Å². The molecule has 0 aromatic heterocycles. The van der Waals surface area contributed by atoms with Crippen LogP contribution in [0.25, 0.3) is 0 Å². The van der Waals surface area contributed by atoms with E-state index in [1.807, 2.05) is 0 Å². The van der Waals surface area contributed by atoms with E-state index in [-0.39, 0.29) is 0 Å². The van der Waals surface area contributed by atoms with E-state index in [4.69, 9.17) is 19.4 Å². The Morgan fingerprint density at radius 3 is 2.39 bits per heavy atom. The quantitative estimate of drug-likeness (QED) is 0.175. The van der Waals surface area contributed by atoms with Crippen LogP contribution in [0.3, 0.4) is 0 Å². The van der Waals surface area contributed by atoms with Gasteiger partial charge in [-0.3, -0.25) is 9.42 Å². The Bertz CT molecular complexity index is 700. The molecule has 2 aliphatic rings. The zero-order valence-corrected chi connectivity index (χ0v) is 16.2. The maximum absolute atomic E-state index is 11.8. The standard InChI is InChI=1S/C9H17N2O14P3/c12-5-1-2-11(9(15)10-5)8-7(14)6(13)4(23-8)3-22-28(20,21)25-26(16)24-27(17,18)19/h1-2,4-8,12-14,16H,3H2,(H,10,15)(H,20,21)(H2,17,18,19)/t4-,5?,6?,7?,8-,26?/m1/s1. The van der Waals surface area contributed by atoms with E-state index in [0.717, 1.165) is 17.2 Å². The first kappa shape index (κ1) is 23.7. The number of urea groups is 1. The number of phosphoric acid groups is 2. The molecule has 2 aliphatic heterocycles. The predicted molar refractivity (Wildman–Crippen MR) is 85.3 cm³/mol. The summed E-state index contributed by atoms with van der Waals surface area (Å²) in [5.41, 5.74) is 0. The number of hydrogen-bond donors (Lipinski definition) is 8. The van der Waals surface area contributed by atoms with Crippen molar-refractivity contribution in [3.05, 3.63) is 12.3 Å². The number of rotatable bonds is 8. The van der Waals surface area contributed by atoms with Crippen LogP contribution >= 0.6 is 24.2 Å². The van der Waals surface area contributed by atoms with Crippen molar-refractivity contribution in [2.45, 2.75) is 30.8 Å². The minimum atomic E-state index is -5.20. The van der Waals surface area contributed by atoms with Crippen molar-refractivity contribution in [1.29, 1.82) is 0 Å². The minimum Gasteiger partial charge on any atom is -0.387 e. The Morgan fingerprint density at radius 2 is 1.82 bits per heavy atom. The van der Waals surface area contributed by atoms with Gasteiger partial charge in [-0.2, -0.15) is 0 Å². The number of aliphatic hydroxyl groups excluding tert-OH is 3. The van der Waals surface area contributed by atoms with Crippen LogP contribution < -0.4 is 5.32 Å². The van der Waals surface area contributed by atoms with Gasteiger partial charge in [-0.15, -0.1) is 0 Å². The number of nitrogens with one attached hydrogen (secondary N) is 1. The zero-order valence-electron chi connectivity index (χ0n) is 13.5. The number of ether oxygens (including phenoxy) is 1. The topological polar surface area (TPSA) is 245 Å². The van der Waals surface area contributed by atoms with E-state index in [0.29, 0.717) is 0 Å². The van der Waals surface area contributed by atoms with E-state index in [1.54, 1.807) is 0 Å². The Labute approximate surface area is 157 Å². The van der Waals surface area contributed by atoms with Gasteiger partial charge in [0.15, 0.2) is 6.23 Å². The first-order valence-corrected chi connectivity index (χ1v) is 11.3. The average molecular weight is 470 g/mol. The van der Waals surface area contributed by atoms with Crippen molar-refractivity contribution in [3.8, 4) is 0 Å². The molecule has 0 saturated carbocycles. The van der Waals surface area contributed by atoms with E-state index < -0.39 is 67.7 Å². The van der Waals surface area contributed by atoms with Crippen molar-refractivity contribution in [2.24, 2.45) is 0 Å². The molecule has 16 nitrogen and oxygen atoms in total. The Balaban J connectivity index is 1.94. The normalized spacial score (nSPS) is 34.2. The summed E-state index contributed by atoms with van der Waals surface area (Å²) in [7, 11) is -13.8. The molecule has 5 unspecified atom stereocenters. The maximum Gasteiger partial charge on any atom is 0.479 e. The van der Waals surface area contributed by atoms with Crippen LogP contribution in [0.5, 0.6) is 0 Å². The lowest BCUT2D eigenvalue weighted by atomic mass is 10.1. The molecule has 28 heavy (non-hydrogen) atoms. The van der Waals surface area contributed by atoms with E-state index in [1.165, 1.54) is 0 Å². The van der Waals surface area contributed by atoms with Crippen molar-refractivity contribution < 1.29 is 66.7 Å². The molecule has 0 radical (unpaired) electrons. The number of phosphoric ester groups is 1. The summed E-state index contributed by atoms with van der Waals surface area (Å²) < 4.78 is 39.4. The van der Waals surface area contributed by atoms with Crippen LogP contribution in [0, 0.1) is 0 Å². The van der Waals surface area contributed by atoms with Crippen LogP contribution in [0.15, 0.2) is 12.3 Å². The Morgan fingerprint density at radius 1 is 1.18 bits per heavy atom. The second-order valence-electron chi connectivity index (χ2n) is 5.35. The first-order valence-electron chi connectivity index (χ1n) is 7.17. The summed E-state index contributed by atoms with van der Waals surface area (Å²) in [6, 6.07) is -0.857. The zero-order chi connectivity index (χ0) is 21.3. The van der Waals surface area contributed by atoms with Gasteiger partial charge >= 0.3 is 30.3 Å². The van der Waals surface area contributed by atoms with Gasteiger partial charge < -0.3 is 44.9 Å². The summed E-state index contributed by atoms with van der Waals surface area (Å²) in [4.78, 5) is 48.0. The van der Waals surface area contributed by atoms with Crippen LogP contribution in [-0.4, -0.2) is 83.2 Å². The second-order valence-corrected chi connectivity index (χ2v) is 9.30. The van der Waals surface area contributed by atoms with Gasteiger partial charge in [0.2, 0.25) is 0 Å². The highest BCUT2D eigenvalue weighted by Crippen LogP contribution is 2.61. The number of nitrogens with zero attached hydrogens (tertiary/aromatic N) is 1. The summed E-state index contributed by atoms with van der Waals surface area (Å²) >= 11 is 0. The monoisotopic (exact) mass is 470 g/mol. The fourth-order valence-electron chi connectivity index (χ4n) is 2.17. The third-order valence-electron chi connectivity index (χ3n) is 3.30. The lowest BCUT2D eigenvalue weighted by Gasteiger charge is -2.31. The fraction of sp³-hybridized carbons (Fsp3) is 0.667. The van der Waals surface area contributed by atoms with E-state index >= 15 is 0 Å². The lowest BCUT2D eigenvalue weighted by Crippen LogP contribution is -2.53. The van der Waals surface area contributed by atoms with E-state index in [9.17, 15) is 34.1 Å². The predicted octanol–water partition coefficient (Wildman–Crippen LogP) is -2.25. The fourth-order valence-corrected chi connectivity index (χ4v) is 4.52. The van der Waals surface area contributed by atoms with Gasteiger partial charge in [-0.1, -0.05) is 0 Å². The molecule has 1 fully saturated rings. The molecule has 162 valence electrons. The van der Waals surface area contributed by atoms with Crippen LogP contribution in [0.2, 0.25) is 0 Å². The van der Waals surface area contributed by atoms with Crippen LogP contribution in [-0.2, 0) is 27.0 Å². The third kappa shape index (κ3) is 6.49. The molecule has 7 atom stereocenters. The third-order valence-corrected chi connectivity index (χ3v) is 6.57. The molecule has 0 aromatic rings. The Kier molecular flexibility index (Phi) is 7.70. The molecule has 0 bridgehead atoms. The van der Waals surface area contributed by atoms with Gasteiger partial charge in [0.25, 0.3) is 0 Å². The summed E-state index contributed by atoms with van der Waals surface area (Å²) in [5, 5.41) is 31.3. The van der Waals surface area contributed by atoms with Gasteiger partial charge in [0.05, 0.1) is 6.61 Å². The van der Waals surface area contributed by atoms with E-state index in [2.05, 4.69) is 18.5 Å². The van der Waals surface area contributed by atoms with Crippen LogP contribution in [0.4, 0.5) is 4.79 Å². The molecule has 0 aliphatic carbocycles. The van der Waals surface area contributed by atoms with Crippen LogP contribution in [0.1, 0.15) is 0 Å². The van der Waals surface area contributed by atoms with Gasteiger partial charge in [0, 0.05) is 6.20 Å². The van der Waals surface area contributed by atoms with Crippen molar-refractivity contribution in [1.82, 2.24) is 10.2 Å². The smallest absolute Gasteiger partial charge is 0.387 e. The first-order chi connectivity index (χ1) is 12.8. The SMILES string of the molecule is O=C1NC(O)C=CN1[C@@H]1O[C@H](COP(=O)(O)OP(O)OP(=O)(O)O)C(O)C1O. The molecule has 19 heteroatoms. The molecule has 0 spiro atoms. The number of amides is 2. The van der Waals surface area contributed by atoms with Crippen molar-refractivity contribution >= 4 is 30.3 Å². The second kappa shape index (κ2) is 9.08. The summed E-state index contributed by atoms with van der Waals surface area (Å²) in [6.45, 7) is -0.886. The molecular formula is C9H17N2O14P3. The van der Waals surface area contributed by atoms with Gasteiger partial charge in [-0.25, -0.2) is 22.5 Å². The molecule has 1 saturated heterocycles. The summed E-state index contributed by atoms with van der Waals surface area (Å²) in [6.07, 6.45) is -5.23. The van der Waals surface area contributed by atoms with Gasteiger partial charge in [0.1, 0.15) is 24.5 Å². The maximum atomic E-state index is 11.8. The number of carbonyl (C=O) groups is 1. The molecular weight excluding hydrogens is 453 g/mol. The molecule has 8 N–H and O–H groups in total. The lowest BCUT2D eigenvalue weighted by molar-refractivity contribution is -0.0669. The minimum absolute atomic E-state index is 0.816. The molecule has 0 aromatic carbocycles. The highest BCUT2D eigenvalue weighted by atomic mass is 31.3. The van der Waals surface area contributed by atoms with Crippen molar-refractivity contribution in [2.75, 3.05) is 6.61 Å².